The summed E-state index contributed by atoms with van der Waals surface area (Å²) in [6.45, 7) is 5.09. The van der Waals surface area contributed by atoms with E-state index in [1.54, 1.807) is 25.3 Å². The number of nitriles is 1. The fraction of sp³-hybridized carbons (Fsp3) is 0.385. The van der Waals surface area contributed by atoms with Gasteiger partial charge in [0.25, 0.3) is 0 Å². The van der Waals surface area contributed by atoms with Crippen LogP contribution in [0.3, 0.4) is 0 Å². The lowest BCUT2D eigenvalue weighted by atomic mass is 10.1. The molecule has 0 spiro atoms. The van der Waals surface area contributed by atoms with Gasteiger partial charge in [0.2, 0.25) is 0 Å². The summed E-state index contributed by atoms with van der Waals surface area (Å²) in [5, 5.41) is 14.5. The maximum absolute atomic E-state index is 9.83. The third-order valence-corrected chi connectivity index (χ3v) is 6.49. The van der Waals surface area contributed by atoms with Crippen LogP contribution in [0, 0.1) is 11.3 Å². The van der Waals surface area contributed by atoms with E-state index in [1.807, 2.05) is 6.07 Å². The van der Waals surface area contributed by atoms with Gasteiger partial charge in [-0.05, 0) is 18.2 Å². The van der Waals surface area contributed by atoms with Crippen molar-refractivity contribution in [3.05, 3.63) is 46.1 Å². The Morgan fingerprint density at radius 3 is 2.59 bits per heavy atom. The summed E-state index contributed by atoms with van der Waals surface area (Å²) in [6.07, 6.45) is 1.50. The van der Waals surface area contributed by atoms with Crippen LogP contribution >= 0.6 is 23.2 Å². The van der Waals surface area contributed by atoms with Crippen LogP contribution in [0.15, 0.2) is 30.5 Å². The largest absolute Gasteiger partial charge is 0.495 e. The third kappa shape index (κ3) is 6.47. The first-order chi connectivity index (χ1) is 18.0. The Hall–Kier alpha value is -3.00. The molecule has 11 heteroatoms. The average molecular weight is 547 g/mol. The highest BCUT2D eigenvalue weighted by atomic mass is 35.5. The molecule has 4 rings (SSSR count). The number of anilines is 2. The Labute approximate surface area is 225 Å². The predicted molar refractivity (Wildman–Crippen MR) is 143 cm³/mol. The molecule has 0 bridgehead atoms. The van der Waals surface area contributed by atoms with Gasteiger partial charge < -0.3 is 29.0 Å². The lowest BCUT2D eigenvalue weighted by molar-refractivity contribution is 0.0321. The summed E-state index contributed by atoms with van der Waals surface area (Å²) in [6, 6.07) is 9.11. The number of ether oxygens (including phenoxy) is 5. The minimum Gasteiger partial charge on any atom is -0.495 e. The summed E-state index contributed by atoms with van der Waals surface area (Å²) >= 11 is 12.7. The molecule has 3 aromatic rings. The number of morpholine rings is 1. The van der Waals surface area contributed by atoms with Gasteiger partial charge in [-0.15, -0.1) is 0 Å². The molecule has 1 fully saturated rings. The Morgan fingerprint density at radius 2 is 1.86 bits per heavy atom. The molecule has 2 aromatic carbocycles. The van der Waals surface area contributed by atoms with Crippen molar-refractivity contribution in [1.29, 1.82) is 5.26 Å². The lowest BCUT2D eigenvalue weighted by Gasteiger charge is -2.26. The second-order valence-corrected chi connectivity index (χ2v) is 9.00. The van der Waals surface area contributed by atoms with Crippen molar-refractivity contribution in [3.63, 3.8) is 0 Å². The highest BCUT2D eigenvalue weighted by Gasteiger charge is 2.19. The van der Waals surface area contributed by atoms with Gasteiger partial charge in [-0.25, -0.2) is 0 Å². The number of halogens is 2. The number of pyridine rings is 1. The molecule has 1 saturated heterocycles. The molecule has 0 amide bonds. The zero-order valence-corrected chi connectivity index (χ0v) is 22.2. The molecule has 0 radical (unpaired) electrons. The van der Waals surface area contributed by atoms with Crippen molar-refractivity contribution >= 4 is 45.5 Å². The van der Waals surface area contributed by atoms with Crippen molar-refractivity contribution in [2.45, 2.75) is 0 Å². The van der Waals surface area contributed by atoms with E-state index in [4.69, 9.17) is 46.9 Å². The molecule has 1 aliphatic heterocycles. The first-order valence-corrected chi connectivity index (χ1v) is 12.5. The normalized spacial score (nSPS) is 13.8. The standard InChI is InChI=1S/C26H28Cl2N4O5/c1-33-11-12-36-22-4-3-18-24(31-21-14-23(34-2)20(28)13-19(21)27)17(15-29)16-30-25(18)26(22)37-10-7-32-5-8-35-9-6-32/h3-4,13-14,16H,5-12H2,1-2H3,(H,30,31). The smallest absolute Gasteiger partial charge is 0.187 e. The molecular formula is C26H28Cl2N4O5. The van der Waals surface area contributed by atoms with Gasteiger partial charge >= 0.3 is 0 Å². The molecule has 1 aromatic heterocycles. The fourth-order valence-electron chi connectivity index (χ4n) is 3.95. The highest BCUT2D eigenvalue weighted by Crippen LogP contribution is 2.41. The molecule has 0 atom stereocenters. The SMILES string of the molecule is COCCOc1ccc2c(Nc3cc(OC)c(Cl)cc3Cl)c(C#N)cnc2c1OCCN1CCOCC1. The number of nitrogens with zero attached hydrogens (tertiary/aromatic N) is 3. The number of fused-ring (bicyclic) bond motifs is 1. The number of rotatable bonds is 11. The number of hydrogen-bond acceptors (Lipinski definition) is 9. The van der Waals surface area contributed by atoms with Gasteiger partial charge in [0, 0.05) is 44.4 Å². The molecule has 1 aliphatic rings. The quantitative estimate of drug-likeness (QED) is 0.336. The van der Waals surface area contributed by atoms with E-state index in [2.05, 4.69) is 21.3 Å². The van der Waals surface area contributed by atoms with Gasteiger partial charge in [0.1, 0.15) is 30.5 Å². The Morgan fingerprint density at radius 1 is 1.05 bits per heavy atom. The van der Waals surface area contributed by atoms with Gasteiger partial charge in [0.05, 0.1) is 53.9 Å². The molecule has 0 aliphatic carbocycles. The Bertz CT molecular complexity index is 1280. The van der Waals surface area contributed by atoms with Crippen LogP contribution < -0.4 is 19.5 Å². The van der Waals surface area contributed by atoms with Crippen LogP contribution in [0.2, 0.25) is 10.0 Å². The minimum absolute atomic E-state index is 0.338. The molecule has 37 heavy (non-hydrogen) atoms. The molecule has 0 unspecified atom stereocenters. The van der Waals surface area contributed by atoms with Crippen LogP contribution in [0.1, 0.15) is 5.56 Å². The van der Waals surface area contributed by atoms with Crippen molar-refractivity contribution in [3.8, 4) is 23.3 Å². The Kier molecular flexibility index (Phi) is 9.50. The van der Waals surface area contributed by atoms with E-state index in [-0.39, 0.29) is 0 Å². The molecule has 2 heterocycles. The maximum Gasteiger partial charge on any atom is 0.187 e. The molecule has 0 saturated carbocycles. The summed E-state index contributed by atoms with van der Waals surface area (Å²) in [5.41, 5.74) is 1.95. The number of nitrogens with one attached hydrogen (secondary N) is 1. The number of benzene rings is 2. The number of methoxy groups -OCH3 is 2. The van der Waals surface area contributed by atoms with E-state index in [0.29, 0.717) is 88.2 Å². The third-order valence-electron chi connectivity index (χ3n) is 5.88. The van der Waals surface area contributed by atoms with E-state index in [9.17, 15) is 5.26 Å². The van der Waals surface area contributed by atoms with Crippen LogP contribution in [0.4, 0.5) is 11.4 Å². The molecule has 1 N–H and O–H groups in total. The summed E-state index contributed by atoms with van der Waals surface area (Å²) in [5.74, 6) is 1.49. The minimum atomic E-state index is 0.338. The highest BCUT2D eigenvalue weighted by molar-refractivity contribution is 6.37. The van der Waals surface area contributed by atoms with Crippen LogP contribution in [-0.4, -0.2) is 76.8 Å². The number of aromatic nitrogens is 1. The van der Waals surface area contributed by atoms with Crippen LogP contribution in [0.5, 0.6) is 17.2 Å². The second kappa shape index (κ2) is 13.0. The van der Waals surface area contributed by atoms with Crippen molar-refractivity contribution in [1.82, 2.24) is 9.88 Å². The van der Waals surface area contributed by atoms with Crippen molar-refractivity contribution in [2.75, 3.05) is 72.2 Å². The summed E-state index contributed by atoms with van der Waals surface area (Å²) < 4.78 is 28.1. The topological polar surface area (TPSA) is 98.1 Å². The van der Waals surface area contributed by atoms with Gasteiger partial charge in [-0.1, -0.05) is 23.2 Å². The van der Waals surface area contributed by atoms with E-state index in [1.165, 1.54) is 13.3 Å². The van der Waals surface area contributed by atoms with Gasteiger partial charge in [0.15, 0.2) is 11.5 Å². The van der Waals surface area contributed by atoms with E-state index in [0.717, 1.165) is 19.6 Å². The maximum atomic E-state index is 9.83. The van der Waals surface area contributed by atoms with Crippen molar-refractivity contribution in [2.24, 2.45) is 0 Å². The van der Waals surface area contributed by atoms with Gasteiger partial charge in [-0.3, -0.25) is 9.88 Å². The number of hydrogen-bond donors (Lipinski definition) is 1. The fourth-order valence-corrected chi connectivity index (χ4v) is 4.45. The van der Waals surface area contributed by atoms with Crippen molar-refractivity contribution < 1.29 is 23.7 Å². The summed E-state index contributed by atoms with van der Waals surface area (Å²) in [7, 11) is 3.14. The predicted octanol–water partition coefficient (Wildman–Crippen LogP) is 4.90. The zero-order chi connectivity index (χ0) is 26.2. The Balaban J connectivity index is 1.72. The first-order valence-electron chi connectivity index (χ1n) is 11.8. The van der Waals surface area contributed by atoms with E-state index >= 15 is 0 Å². The molecule has 9 nitrogen and oxygen atoms in total. The van der Waals surface area contributed by atoms with Crippen LogP contribution in [-0.2, 0) is 9.47 Å². The van der Waals surface area contributed by atoms with Gasteiger partial charge in [-0.2, -0.15) is 5.26 Å². The molecule has 196 valence electrons. The van der Waals surface area contributed by atoms with Crippen LogP contribution in [0.25, 0.3) is 10.9 Å². The monoisotopic (exact) mass is 546 g/mol. The zero-order valence-electron chi connectivity index (χ0n) is 20.7. The van der Waals surface area contributed by atoms with E-state index < -0.39 is 0 Å². The molecular weight excluding hydrogens is 519 g/mol. The first kappa shape index (κ1) is 27.0. The summed E-state index contributed by atoms with van der Waals surface area (Å²) in [4.78, 5) is 6.85. The average Bonchev–Trinajstić information content (AvgIpc) is 2.91. The lowest BCUT2D eigenvalue weighted by Crippen LogP contribution is -2.38. The second-order valence-electron chi connectivity index (χ2n) is 8.18.